The van der Waals surface area contributed by atoms with Crippen LogP contribution in [0.25, 0.3) is 6.08 Å². The zero-order valence-electron chi connectivity index (χ0n) is 17.1. The van der Waals surface area contributed by atoms with Gasteiger partial charge in [-0.15, -0.1) is 0 Å². The number of ether oxygens (including phenoxy) is 1. The number of ketones is 1. The van der Waals surface area contributed by atoms with Gasteiger partial charge in [-0.05, 0) is 37.1 Å². The number of rotatable bonds is 9. The largest absolute Gasteiger partial charge is 0.479 e. The molecular weight excluding hydrogens is 378 g/mol. The molecule has 0 unspecified atom stereocenters. The second-order valence-electron chi connectivity index (χ2n) is 7.18. The molecule has 5 nitrogen and oxygen atoms in total. The molecule has 30 heavy (non-hydrogen) atoms. The fraction of sp³-hybridized carbons (Fsp3) is 0.200. The highest BCUT2D eigenvalue weighted by molar-refractivity contribution is 6.08. The van der Waals surface area contributed by atoms with Gasteiger partial charge in [0.05, 0.1) is 12.3 Å². The van der Waals surface area contributed by atoms with Gasteiger partial charge < -0.3 is 14.4 Å². The van der Waals surface area contributed by atoms with E-state index in [9.17, 15) is 9.59 Å². The molecule has 0 aliphatic heterocycles. The Morgan fingerprint density at radius 2 is 1.77 bits per heavy atom. The number of aromatic nitrogens is 1. The molecule has 1 heterocycles. The van der Waals surface area contributed by atoms with Gasteiger partial charge in [0.15, 0.2) is 6.10 Å². The lowest BCUT2D eigenvalue weighted by Crippen LogP contribution is -2.19. The summed E-state index contributed by atoms with van der Waals surface area (Å²) in [6, 6.07) is 19.0. The van der Waals surface area contributed by atoms with Crippen molar-refractivity contribution in [1.82, 2.24) is 4.57 Å². The van der Waals surface area contributed by atoms with Crippen molar-refractivity contribution in [2.75, 3.05) is 0 Å². The van der Waals surface area contributed by atoms with Crippen molar-refractivity contribution in [3.63, 3.8) is 0 Å². The molecule has 1 atom stereocenters. The van der Waals surface area contributed by atoms with Crippen LogP contribution in [0.4, 0.5) is 0 Å². The van der Waals surface area contributed by atoms with Gasteiger partial charge in [0, 0.05) is 18.3 Å². The average Bonchev–Trinajstić information content (AvgIpc) is 3.21. The quantitative estimate of drug-likeness (QED) is 0.525. The number of carbonyl (C=O) groups excluding carboxylic acids is 1. The van der Waals surface area contributed by atoms with Crippen molar-refractivity contribution in [3.05, 3.63) is 101 Å². The number of benzene rings is 2. The fourth-order valence-electron chi connectivity index (χ4n) is 2.95. The van der Waals surface area contributed by atoms with Gasteiger partial charge in [-0.1, -0.05) is 66.2 Å². The minimum absolute atomic E-state index is 0.00772. The van der Waals surface area contributed by atoms with Crippen LogP contribution in [0.3, 0.4) is 0 Å². The molecule has 0 saturated heterocycles. The number of allylic oxidation sites excluding steroid dienone is 1. The van der Waals surface area contributed by atoms with E-state index in [4.69, 9.17) is 9.84 Å². The fourth-order valence-corrected chi connectivity index (χ4v) is 2.95. The normalized spacial score (nSPS) is 12.2. The van der Waals surface area contributed by atoms with Gasteiger partial charge in [-0.2, -0.15) is 0 Å². The lowest BCUT2D eigenvalue weighted by Gasteiger charge is -2.08. The van der Waals surface area contributed by atoms with Crippen LogP contribution in [0, 0.1) is 6.92 Å². The van der Waals surface area contributed by atoms with Crippen molar-refractivity contribution in [2.45, 2.75) is 33.1 Å². The smallest absolute Gasteiger partial charge is 0.332 e. The monoisotopic (exact) mass is 403 g/mol. The summed E-state index contributed by atoms with van der Waals surface area (Å²) in [5.41, 5.74) is 4.39. The van der Waals surface area contributed by atoms with E-state index in [0.717, 1.165) is 16.7 Å². The maximum Gasteiger partial charge on any atom is 0.332 e. The van der Waals surface area contributed by atoms with Gasteiger partial charge in [0.1, 0.15) is 0 Å². The minimum atomic E-state index is -0.972. The van der Waals surface area contributed by atoms with Gasteiger partial charge in [-0.3, -0.25) is 4.79 Å². The number of carbonyl (C=O) groups is 2. The molecule has 3 rings (SSSR count). The first-order valence-corrected chi connectivity index (χ1v) is 9.80. The van der Waals surface area contributed by atoms with E-state index in [0.29, 0.717) is 17.8 Å². The van der Waals surface area contributed by atoms with E-state index in [1.807, 2.05) is 90.5 Å². The van der Waals surface area contributed by atoms with Crippen LogP contribution in [0.1, 0.15) is 39.7 Å². The lowest BCUT2D eigenvalue weighted by molar-refractivity contribution is -0.149. The summed E-state index contributed by atoms with van der Waals surface area (Å²) < 4.78 is 7.21. The van der Waals surface area contributed by atoms with Crippen LogP contribution in [0.15, 0.2) is 72.9 Å². The predicted octanol–water partition coefficient (Wildman–Crippen LogP) is 4.73. The van der Waals surface area contributed by atoms with Gasteiger partial charge in [-0.25, -0.2) is 4.79 Å². The third-order valence-corrected chi connectivity index (χ3v) is 4.82. The maximum atomic E-state index is 12.8. The molecule has 2 aromatic carbocycles. The van der Waals surface area contributed by atoms with E-state index in [1.54, 1.807) is 0 Å². The molecule has 3 aromatic rings. The van der Waals surface area contributed by atoms with Crippen LogP contribution in [0.2, 0.25) is 0 Å². The van der Waals surface area contributed by atoms with Crippen molar-refractivity contribution in [2.24, 2.45) is 0 Å². The summed E-state index contributed by atoms with van der Waals surface area (Å²) in [6.45, 7) is 4.35. The molecule has 0 aliphatic rings. The van der Waals surface area contributed by atoms with E-state index in [1.165, 1.54) is 6.92 Å². The van der Waals surface area contributed by atoms with Crippen LogP contribution in [0.5, 0.6) is 0 Å². The topological polar surface area (TPSA) is 68.5 Å². The standard InChI is InChI=1S/C25H25NO4/c1-18-7-13-22(14-8-18)24(27)23-6-4-16-26(23)15-3-5-20-9-11-21(12-10-20)17-30-19(2)25(28)29/h3-14,16,19H,15,17H2,1-2H3,(H,28,29)/b5-3+/t19-/m0/s1. The van der Waals surface area contributed by atoms with Gasteiger partial charge >= 0.3 is 5.97 Å². The van der Waals surface area contributed by atoms with Crippen molar-refractivity contribution in [1.29, 1.82) is 0 Å². The van der Waals surface area contributed by atoms with Crippen LogP contribution < -0.4 is 0 Å². The highest BCUT2D eigenvalue weighted by Gasteiger charge is 2.12. The number of aryl methyl sites for hydroxylation is 1. The number of carboxylic acids is 1. The Morgan fingerprint density at radius 3 is 2.43 bits per heavy atom. The number of aliphatic carboxylic acids is 1. The second kappa shape index (κ2) is 9.85. The molecule has 0 fully saturated rings. The molecule has 0 spiro atoms. The number of nitrogens with zero attached hydrogens (tertiary/aromatic N) is 1. The Hall–Kier alpha value is -3.44. The molecule has 0 radical (unpaired) electrons. The van der Waals surface area contributed by atoms with E-state index < -0.39 is 12.1 Å². The first kappa shape index (κ1) is 21.3. The molecule has 0 aliphatic carbocycles. The lowest BCUT2D eigenvalue weighted by atomic mass is 10.1. The van der Waals surface area contributed by atoms with Gasteiger partial charge in [0.25, 0.3) is 0 Å². The van der Waals surface area contributed by atoms with E-state index in [-0.39, 0.29) is 12.4 Å². The maximum absolute atomic E-state index is 12.8. The third-order valence-electron chi connectivity index (χ3n) is 4.82. The Labute approximate surface area is 176 Å². The Morgan fingerprint density at radius 1 is 1.07 bits per heavy atom. The summed E-state index contributed by atoms with van der Waals surface area (Å²) in [7, 11) is 0. The predicted molar refractivity (Wildman–Crippen MR) is 116 cm³/mol. The molecular formula is C25H25NO4. The highest BCUT2D eigenvalue weighted by Crippen LogP contribution is 2.13. The highest BCUT2D eigenvalue weighted by atomic mass is 16.5. The first-order valence-electron chi connectivity index (χ1n) is 9.80. The molecule has 154 valence electrons. The molecule has 1 N–H and O–H groups in total. The van der Waals surface area contributed by atoms with Crippen LogP contribution in [-0.2, 0) is 22.7 Å². The number of hydrogen-bond acceptors (Lipinski definition) is 3. The molecule has 1 aromatic heterocycles. The molecule has 0 bridgehead atoms. The van der Waals surface area contributed by atoms with Crippen LogP contribution >= 0.6 is 0 Å². The summed E-state index contributed by atoms with van der Waals surface area (Å²) >= 11 is 0. The Bertz CT molecular complexity index is 1030. The minimum Gasteiger partial charge on any atom is -0.479 e. The Kier molecular flexibility index (Phi) is 6.99. The summed E-state index contributed by atoms with van der Waals surface area (Å²) in [5, 5.41) is 8.85. The van der Waals surface area contributed by atoms with Crippen LogP contribution in [-0.4, -0.2) is 27.5 Å². The van der Waals surface area contributed by atoms with Crippen molar-refractivity contribution >= 4 is 17.8 Å². The van der Waals surface area contributed by atoms with Crippen molar-refractivity contribution < 1.29 is 19.4 Å². The number of carboxylic acid groups (broad SMARTS) is 1. The molecule has 5 heteroatoms. The zero-order valence-corrected chi connectivity index (χ0v) is 17.1. The molecule has 0 amide bonds. The van der Waals surface area contributed by atoms with Gasteiger partial charge in [0.2, 0.25) is 5.78 Å². The summed E-state index contributed by atoms with van der Waals surface area (Å²) in [4.78, 5) is 23.6. The SMILES string of the molecule is Cc1ccc(C(=O)c2cccn2C/C=C/c2ccc(CO[C@@H](C)C(=O)O)cc2)cc1. The summed E-state index contributed by atoms with van der Waals surface area (Å²) in [6.07, 6.45) is 5.06. The van der Waals surface area contributed by atoms with Crippen molar-refractivity contribution in [3.8, 4) is 0 Å². The first-order chi connectivity index (χ1) is 14.4. The molecule has 0 saturated carbocycles. The van der Waals surface area contributed by atoms with E-state index >= 15 is 0 Å². The Balaban J connectivity index is 1.60. The second-order valence-corrected chi connectivity index (χ2v) is 7.18. The van der Waals surface area contributed by atoms with E-state index in [2.05, 4.69) is 0 Å². The average molecular weight is 403 g/mol. The summed E-state index contributed by atoms with van der Waals surface area (Å²) in [5.74, 6) is -0.965. The number of hydrogen-bond donors (Lipinski definition) is 1. The zero-order chi connectivity index (χ0) is 21.5. The third kappa shape index (κ3) is 5.55.